The van der Waals surface area contributed by atoms with Gasteiger partial charge in [0.05, 0.1) is 5.56 Å². The molecule has 0 unspecified atom stereocenters. The lowest BCUT2D eigenvalue weighted by molar-refractivity contribution is 0.112. The molecule has 0 aromatic heterocycles. The highest BCUT2D eigenvalue weighted by atomic mass is 16.3. The van der Waals surface area contributed by atoms with Crippen LogP contribution < -0.4 is 0 Å². The van der Waals surface area contributed by atoms with Crippen LogP contribution in [0.25, 0.3) is 0 Å². The number of hydrogen-bond donors (Lipinski definition) is 1. The van der Waals surface area contributed by atoms with Crippen molar-refractivity contribution in [2.45, 2.75) is 84.0 Å². The maximum Gasteiger partial charge on any atom is 0.154 e. The molecule has 2 nitrogen and oxygen atoms in total. The molecule has 24 heavy (non-hydrogen) atoms. The fourth-order valence-corrected chi connectivity index (χ4v) is 2.99. The summed E-state index contributed by atoms with van der Waals surface area (Å²) in [6, 6.07) is 5.32. The Balaban J connectivity index is 2.00. The van der Waals surface area contributed by atoms with E-state index in [0.717, 1.165) is 24.7 Å². The molecule has 0 bridgehead atoms. The predicted molar refractivity (Wildman–Crippen MR) is 103 cm³/mol. The van der Waals surface area contributed by atoms with E-state index in [2.05, 4.69) is 19.1 Å². The monoisotopic (exact) mass is 330 g/mol. The van der Waals surface area contributed by atoms with E-state index in [9.17, 15) is 9.90 Å². The Kier molecular flexibility index (Phi) is 11.8. The van der Waals surface area contributed by atoms with E-state index in [-0.39, 0.29) is 5.75 Å². The van der Waals surface area contributed by atoms with E-state index in [1.165, 1.54) is 64.2 Å². The summed E-state index contributed by atoms with van der Waals surface area (Å²) in [5.74, 6) is 0.101. The van der Waals surface area contributed by atoms with E-state index in [1.807, 2.05) is 12.1 Å². The number of allylic oxidation sites excluding steroid dienone is 2. The number of carbonyl (C=O) groups excluding carboxylic acids is 1. The number of carbonyl (C=O) groups is 1. The van der Waals surface area contributed by atoms with E-state index in [4.69, 9.17) is 0 Å². The maximum atomic E-state index is 11.0. The SMILES string of the molecule is CCCCCCC=CCCCCCCCc1cccc(O)c1C=O. The Labute approximate surface area is 148 Å². The minimum absolute atomic E-state index is 0.101. The second-order valence-corrected chi connectivity index (χ2v) is 6.59. The smallest absolute Gasteiger partial charge is 0.154 e. The molecule has 0 aliphatic heterocycles. The van der Waals surface area contributed by atoms with Gasteiger partial charge in [-0.2, -0.15) is 0 Å². The van der Waals surface area contributed by atoms with E-state index in [1.54, 1.807) is 6.07 Å². The first kappa shape index (κ1) is 20.5. The molecule has 0 spiro atoms. The molecule has 0 fully saturated rings. The molecule has 1 aromatic rings. The van der Waals surface area contributed by atoms with Gasteiger partial charge in [-0.1, -0.05) is 69.7 Å². The van der Waals surface area contributed by atoms with Crippen molar-refractivity contribution in [1.29, 1.82) is 0 Å². The van der Waals surface area contributed by atoms with Crippen LogP contribution in [0, 0.1) is 0 Å². The van der Waals surface area contributed by atoms with E-state index >= 15 is 0 Å². The molecule has 0 heterocycles. The lowest BCUT2D eigenvalue weighted by atomic mass is 10.0. The zero-order chi connectivity index (χ0) is 17.5. The fourth-order valence-electron chi connectivity index (χ4n) is 2.99. The van der Waals surface area contributed by atoms with Gasteiger partial charge in [-0.05, 0) is 50.2 Å². The minimum Gasteiger partial charge on any atom is -0.507 e. The molecule has 0 saturated carbocycles. The Bertz CT molecular complexity index is 477. The van der Waals surface area contributed by atoms with Gasteiger partial charge in [-0.15, -0.1) is 0 Å². The zero-order valence-corrected chi connectivity index (χ0v) is 15.3. The van der Waals surface area contributed by atoms with Crippen LogP contribution in [-0.4, -0.2) is 11.4 Å². The van der Waals surface area contributed by atoms with Crippen molar-refractivity contribution in [3.63, 3.8) is 0 Å². The van der Waals surface area contributed by atoms with E-state index < -0.39 is 0 Å². The highest BCUT2D eigenvalue weighted by Gasteiger charge is 2.05. The fraction of sp³-hybridized carbons (Fsp3) is 0.591. The standard InChI is InChI=1S/C22H34O2/c1-2-3-4-5-6-7-8-9-10-11-12-13-14-16-20-17-15-18-22(24)21(20)19-23/h7-8,15,17-19,24H,2-6,9-14,16H2,1H3. The van der Waals surface area contributed by atoms with Gasteiger partial charge in [-0.3, -0.25) is 4.79 Å². The van der Waals surface area contributed by atoms with Crippen molar-refractivity contribution in [2.24, 2.45) is 0 Å². The van der Waals surface area contributed by atoms with Gasteiger partial charge in [0.1, 0.15) is 5.75 Å². The molecule has 0 aliphatic carbocycles. The second-order valence-electron chi connectivity index (χ2n) is 6.59. The summed E-state index contributed by atoms with van der Waals surface area (Å²) in [6.45, 7) is 2.25. The molecule has 2 heteroatoms. The Morgan fingerprint density at radius 3 is 2.17 bits per heavy atom. The summed E-state index contributed by atoms with van der Waals surface area (Å²) in [7, 11) is 0. The molecule has 1 rings (SSSR count). The molecular weight excluding hydrogens is 296 g/mol. The summed E-state index contributed by atoms with van der Waals surface area (Å²) >= 11 is 0. The first-order valence-electron chi connectivity index (χ1n) is 9.70. The third-order valence-electron chi connectivity index (χ3n) is 4.50. The third kappa shape index (κ3) is 8.90. The van der Waals surface area contributed by atoms with E-state index in [0.29, 0.717) is 5.56 Å². The Hall–Kier alpha value is -1.57. The van der Waals surface area contributed by atoms with Crippen molar-refractivity contribution in [2.75, 3.05) is 0 Å². The van der Waals surface area contributed by atoms with Gasteiger partial charge >= 0.3 is 0 Å². The second kappa shape index (κ2) is 13.8. The molecule has 0 amide bonds. The number of aromatic hydroxyl groups is 1. The van der Waals surface area contributed by atoms with Crippen molar-refractivity contribution in [3.8, 4) is 5.75 Å². The number of phenols is 1. The molecule has 0 saturated heterocycles. The summed E-state index contributed by atoms with van der Waals surface area (Å²) in [6.07, 6.45) is 20.2. The molecular formula is C22H34O2. The van der Waals surface area contributed by atoms with Crippen LogP contribution in [0.2, 0.25) is 0 Å². The number of rotatable bonds is 14. The van der Waals surface area contributed by atoms with Crippen LogP contribution in [0.4, 0.5) is 0 Å². The van der Waals surface area contributed by atoms with Gasteiger partial charge < -0.3 is 5.11 Å². The first-order chi connectivity index (χ1) is 11.8. The average molecular weight is 331 g/mol. The van der Waals surface area contributed by atoms with Crippen LogP contribution >= 0.6 is 0 Å². The van der Waals surface area contributed by atoms with Crippen LogP contribution in [0.15, 0.2) is 30.4 Å². The minimum atomic E-state index is 0.101. The Morgan fingerprint density at radius 1 is 0.875 bits per heavy atom. The molecule has 0 atom stereocenters. The largest absolute Gasteiger partial charge is 0.507 e. The summed E-state index contributed by atoms with van der Waals surface area (Å²) in [5.41, 5.74) is 1.43. The normalized spacial score (nSPS) is 11.2. The third-order valence-corrected chi connectivity index (χ3v) is 4.50. The molecule has 134 valence electrons. The predicted octanol–water partition coefficient (Wildman–Crippen LogP) is 6.61. The van der Waals surface area contributed by atoms with Crippen LogP contribution in [0.3, 0.4) is 0 Å². The number of benzene rings is 1. The molecule has 0 aliphatic rings. The zero-order valence-electron chi connectivity index (χ0n) is 15.3. The first-order valence-corrected chi connectivity index (χ1v) is 9.70. The quantitative estimate of drug-likeness (QED) is 0.236. The van der Waals surface area contributed by atoms with Gasteiger partial charge in [-0.25, -0.2) is 0 Å². The summed E-state index contributed by atoms with van der Waals surface area (Å²) < 4.78 is 0. The van der Waals surface area contributed by atoms with Crippen molar-refractivity contribution >= 4 is 6.29 Å². The Morgan fingerprint density at radius 2 is 1.50 bits per heavy atom. The highest BCUT2D eigenvalue weighted by Crippen LogP contribution is 2.21. The summed E-state index contributed by atoms with van der Waals surface area (Å²) in [4.78, 5) is 11.0. The van der Waals surface area contributed by atoms with Crippen LogP contribution in [0.1, 0.15) is 93.5 Å². The number of hydrogen-bond acceptors (Lipinski definition) is 2. The van der Waals surface area contributed by atoms with Crippen LogP contribution in [0.5, 0.6) is 5.75 Å². The maximum absolute atomic E-state index is 11.0. The van der Waals surface area contributed by atoms with Crippen molar-refractivity contribution in [1.82, 2.24) is 0 Å². The lowest BCUT2D eigenvalue weighted by Crippen LogP contribution is -1.93. The van der Waals surface area contributed by atoms with Gasteiger partial charge in [0.2, 0.25) is 0 Å². The van der Waals surface area contributed by atoms with Crippen molar-refractivity contribution < 1.29 is 9.90 Å². The molecule has 1 N–H and O–H groups in total. The van der Waals surface area contributed by atoms with Gasteiger partial charge in [0.15, 0.2) is 6.29 Å². The summed E-state index contributed by atoms with van der Waals surface area (Å²) in [5, 5.41) is 9.66. The number of unbranched alkanes of at least 4 members (excludes halogenated alkanes) is 9. The van der Waals surface area contributed by atoms with Gasteiger partial charge in [0, 0.05) is 0 Å². The number of aldehydes is 1. The van der Waals surface area contributed by atoms with Crippen LogP contribution in [-0.2, 0) is 6.42 Å². The van der Waals surface area contributed by atoms with Crippen molar-refractivity contribution in [3.05, 3.63) is 41.5 Å². The number of phenolic OH excluding ortho intramolecular Hbond substituents is 1. The number of aryl methyl sites for hydroxylation is 1. The average Bonchev–Trinajstić information content (AvgIpc) is 2.59. The van der Waals surface area contributed by atoms with Gasteiger partial charge in [0.25, 0.3) is 0 Å². The lowest BCUT2D eigenvalue weighted by Gasteiger charge is -2.06. The molecule has 0 radical (unpaired) electrons. The highest BCUT2D eigenvalue weighted by molar-refractivity contribution is 5.81. The molecule has 1 aromatic carbocycles. The topological polar surface area (TPSA) is 37.3 Å².